The van der Waals surface area contributed by atoms with E-state index < -0.39 is 0 Å². The van der Waals surface area contributed by atoms with Crippen LogP contribution in [0.1, 0.15) is 50.6 Å². The summed E-state index contributed by atoms with van der Waals surface area (Å²) in [5, 5.41) is 0.660. The van der Waals surface area contributed by atoms with E-state index in [-0.39, 0.29) is 6.04 Å². The van der Waals surface area contributed by atoms with Crippen molar-refractivity contribution in [2.24, 2.45) is 5.84 Å². The van der Waals surface area contributed by atoms with Crippen LogP contribution in [0.4, 0.5) is 5.69 Å². The summed E-state index contributed by atoms with van der Waals surface area (Å²) in [5.41, 5.74) is 10.5. The number of halogens is 1. The summed E-state index contributed by atoms with van der Waals surface area (Å²) in [5.74, 6) is 5.59. The Kier molecular flexibility index (Phi) is 6.34. The zero-order chi connectivity index (χ0) is 12.7. The average molecular weight is 256 g/mol. The van der Waals surface area contributed by atoms with Crippen LogP contribution in [0, 0.1) is 0 Å². The van der Waals surface area contributed by atoms with Crippen LogP contribution < -0.4 is 17.0 Å². The lowest BCUT2D eigenvalue weighted by Crippen LogP contribution is -2.28. The van der Waals surface area contributed by atoms with E-state index in [4.69, 9.17) is 23.2 Å². The van der Waals surface area contributed by atoms with E-state index in [2.05, 4.69) is 12.3 Å². The summed E-state index contributed by atoms with van der Waals surface area (Å²) < 4.78 is 0. The van der Waals surface area contributed by atoms with Crippen molar-refractivity contribution >= 4 is 17.3 Å². The van der Waals surface area contributed by atoms with Gasteiger partial charge in [0.1, 0.15) is 0 Å². The molecular formula is C13H22ClN3. The predicted octanol–water partition coefficient (Wildman–Crippen LogP) is 3.40. The second-order valence-electron chi connectivity index (χ2n) is 4.34. The molecular weight excluding hydrogens is 234 g/mol. The van der Waals surface area contributed by atoms with Gasteiger partial charge >= 0.3 is 0 Å². The molecule has 0 bridgehead atoms. The van der Waals surface area contributed by atoms with Crippen molar-refractivity contribution in [3.05, 3.63) is 28.8 Å². The zero-order valence-corrected chi connectivity index (χ0v) is 11.1. The fourth-order valence-corrected chi connectivity index (χ4v) is 2.15. The maximum absolute atomic E-state index is 5.95. The number of rotatable bonds is 7. The van der Waals surface area contributed by atoms with Crippen LogP contribution in [0.2, 0.25) is 5.02 Å². The van der Waals surface area contributed by atoms with Crippen LogP contribution in [0.3, 0.4) is 0 Å². The standard InChI is InChI=1S/C13H22ClN3/c1-2-3-4-5-6-13(17-16)11-8-7-10(14)9-12(11)15/h7-9,13,17H,2-6,15-16H2,1H3. The topological polar surface area (TPSA) is 64.1 Å². The summed E-state index contributed by atoms with van der Waals surface area (Å²) >= 11 is 5.88. The van der Waals surface area contributed by atoms with Crippen LogP contribution in [0.25, 0.3) is 0 Å². The van der Waals surface area contributed by atoms with Gasteiger partial charge in [-0.1, -0.05) is 50.3 Å². The Bertz CT molecular complexity index is 341. The van der Waals surface area contributed by atoms with Crippen molar-refractivity contribution in [2.75, 3.05) is 5.73 Å². The summed E-state index contributed by atoms with van der Waals surface area (Å²) in [6, 6.07) is 5.68. The lowest BCUT2D eigenvalue weighted by atomic mass is 9.99. The molecule has 3 nitrogen and oxygen atoms in total. The number of hydrogen-bond donors (Lipinski definition) is 3. The third kappa shape index (κ3) is 4.54. The summed E-state index contributed by atoms with van der Waals surface area (Å²) in [6.07, 6.45) is 5.91. The smallest absolute Gasteiger partial charge is 0.0480 e. The molecule has 0 aliphatic carbocycles. The maximum atomic E-state index is 5.95. The number of nitrogens with one attached hydrogen (secondary N) is 1. The third-order valence-corrected chi connectivity index (χ3v) is 3.21. The lowest BCUT2D eigenvalue weighted by Gasteiger charge is -2.18. The molecule has 0 heterocycles. The highest BCUT2D eigenvalue weighted by Gasteiger charge is 2.12. The first-order chi connectivity index (χ1) is 8.19. The normalized spacial score (nSPS) is 12.6. The van der Waals surface area contributed by atoms with Crippen molar-refractivity contribution < 1.29 is 0 Å². The fraction of sp³-hybridized carbons (Fsp3) is 0.538. The fourth-order valence-electron chi connectivity index (χ4n) is 1.97. The molecule has 96 valence electrons. The molecule has 0 saturated carbocycles. The van der Waals surface area contributed by atoms with Crippen molar-refractivity contribution in [1.82, 2.24) is 5.43 Å². The molecule has 0 aliphatic heterocycles. The Hall–Kier alpha value is -0.770. The Morgan fingerprint density at radius 2 is 2.06 bits per heavy atom. The molecule has 1 aromatic carbocycles. The number of hydrazine groups is 1. The molecule has 4 heteroatoms. The monoisotopic (exact) mass is 255 g/mol. The van der Waals surface area contributed by atoms with Gasteiger partial charge in [-0.05, 0) is 24.1 Å². The first-order valence-corrected chi connectivity index (χ1v) is 6.58. The van der Waals surface area contributed by atoms with E-state index in [1.54, 1.807) is 6.07 Å². The molecule has 1 aromatic rings. The van der Waals surface area contributed by atoms with E-state index in [9.17, 15) is 0 Å². The molecule has 1 unspecified atom stereocenters. The number of hydrogen-bond acceptors (Lipinski definition) is 3. The number of benzene rings is 1. The van der Waals surface area contributed by atoms with E-state index in [0.717, 1.165) is 18.4 Å². The summed E-state index contributed by atoms with van der Waals surface area (Å²) in [6.45, 7) is 2.20. The quantitative estimate of drug-likeness (QED) is 0.303. The van der Waals surface area contributed by atoms with Crippen LogP contribution in [0.5, 0.6) is 0 Å². The van der Waals surface area contributed by atoms with Gasteiger partial charge in [-0.2, -0.15) is 0 Å². The molecule has 17 heavy (non-hydrogen) atoms. The van der Waals surface area contributed by atoms with E-state index in [1.807, 2.05) is 12.1 Å². The minimum absolute atomic E-state index is 0.115. The van der Waals surface area contributed by atoms with Gasteiger partial charge in [0.2, 0.25) is 0 Å². The van der Waals surface area contributed by atoms with Crippen LogP contribution in [-0.4, -0.2) is 0 Å². The van der Waals surface area contributed by atoms with Gasteiger partial charge < -0.3 is 5.73 Å². The van der Waals surface area contributed by atoms with Gasteiger partial charge in [0.25, 0.3) is 0 Å². The molecule has 1 rings (SSSR count). The highest BCUT2D eigenvalue weighted by atomic mass is 35.5. The van der Waals surface area contributed by atoms with Crippen molar-refractivity contribution in [2.45, 2.75) is 45.1 Å². The SMILES string of the molecule is CCCCCCC(NN)c1ccc(Cl)cc1N. The van der Waals surface area contributed by atoms with Gasteiger partial charge in [-0.15, -0.1) is 0 Å². The minimum Gasteiger partial charge on any atom is -0.398 e. The second kappa shape index (κ2) is 7.54. The van der Waals surface area contributed by atoms with Crippen molar-refractivity contribution in [3.8, 4) is 0 Å². The van der Waals surface area contributed by atoms with E-state index >= 15 is 0 Å². The molecule has 0 fully saturated rings. The highest BCUT2D eigenvalue weighted by molar-refractivity contribution is 6.30. The van der Waals surface area contributed by atoms with Gasteiger partial charge in [0, 0.05) is 16.8 Å². The van der Waals surface area contributed by atoms with Crippen LogP contribution in [-0.2, 0) is 0 Å². The molecule has 0 spiro atoms. The maximum Gasteiger partial charge on any atom is 0.0480 e. The third-order valence-electron chi connectivity index (χ3n) is 2.97. The first-order valence-electron chi connectivity index (χ1n) is 6.20. The average Bonchev–Trinajstić information content (AvgIpc) is 2.31. The van der Waals surface area contributed by atoms with Gasteiger partial charge in [0.05, 0.1) is 0 Å². The lowest BCUT2D eigenvalue weighted by molar-refractivity contribution is 0.483. The summed E-state index contributed by atoms with van der Waals surface area (Å²) in [7, 11) is 0. The summed E-state index contributed by atoms with van der Waals surface area (Å²) in [4.78, 5) is 0. The van der Waals surface area contributed by atoms with Crippen molar-refractivity contribution in [1.29, 1.82) is 0 Å². The largest absolute Gasteiger partial charge is 0.398 e. The first kappa shape index (κ1) is 14.3. The van der Waals surface area contributed by atoms with Crippen molar-refractivity contribution in [3.63, 3.8) is 0 Å². The molecule has 0 aliphatic rings. The van der Waals surface area contributed by atoms with Gasteiger partial charge in [0.15, 0.2) is 0 Å². The number of nitrogens with two attached hydrogens (primary N) is 2. The number of unbranched alkanes of at least 4 members (excludes halogenated alkanes) is 3. The predicted molar refractivity (Wildman–Crippen MR) is 74.7 cm³/mol. The van der Waals surface area contributed by atoms with E-state index in [0.29, 0.717) is 10.7 Å². The molecule has 0 saturated heterocycles. The molecule has 0 radical (unpaired) electrons. The Labute approximate surface area is 108 Å². The number of nitrogen functional groups attached to an aromatic ring is 1. The minimum atomic E-state index is 0.115. The Morgan fingerprint density at radius 1 is 1.29 bits per heavy atom. The Morgan fingerprint density at radius 3 is 2.65 bits per heavy atom. The van der Waals surface area contributed by atoms with Crippen LogP contribution >= 0.6 is 11.6 Å². The molecule has 0 amide bonds. The molecule has 0 aromatic heterocycles. The number of anilines is 1. The van der Waals surface area contributed by atoms with E-state index in [1.165, 1.54) is 19.3 Å². The molecule has 5 N–H and O–H groups in total. The molecule has 1 atom stereocenters. The Balaban J connectivity index is 2.59. The van der Waals surface area contributed by atoms with Crippen LogP contribution in [0.15, 0.2) is 18.2 Å². The highest BCUT2D eigenvalue weighted by Crippen LogP contribution is 2.27. The van der Waals surface area contributed by atoms with Gasteiger partial charge in [-0.25, -0.2) is 0 Å². The second-order valence-corrected chi connectivity index (χ2v) is 4.78. The van der Waals surface area contributed by atoms with Gasteiger partial charge in [-0.3, -0.25) is 11.3 Å². The zero-order valence-electron chi connectivity index (χ0n) is 10.4.